The Morgan fingerprint density at radius 2 is 1.47 bits per heavy atom. The molecule has 0 aliphatic carbocycles. The van der Waals surface area contributed by atoms with E-state index in [1.807, 2.05) is 59.0 Å². The lowest BCUT2D eigenvalue weighted by molar-refractivity contribution is 0.261. The number of rotatable bonds is 3. The second-order valence-corrected chi connectivity index (χ2v) is 5.85. The van der Waals surface area contributed by atoms with E-state index >= 15 is 0 Å². The van der Waals surface area contributed by atoms with E-state index in [1.54, 1.807) is 12.1 Å². The number of aliphatic hydroxyl groups is 1. The summed E-state index contributed by atoms with van der Waals surface area (Å²) in [6, 6.07) is 16.8. The molecule has 0 saturated carbocycles. The first kappa shape index (κ1) is 14.3. The Bertz CT molecular complexity index is 587. The second-order valence-electron chi connectivity index (χ2n) is 4.14. The Morgan fingerprint density at radius 3 is 1.89 bits per heavy atom. The molecule has 4 heteroatoms. The average Bonchev–Trinajstić information content (AvgIpc) is 2.42. The van der Waals surface area contributed by atoms with Crippen molar-refractivity contribution in [3.63, 3.8) is 0 Å². The third kappa shape index (κ3) is 3.47. The van der Waals surface area contributed by atoms with Gasteiger partial charge in [-0.05, 0) is 35.4 Å². The summed E-state index contributed by atoms with van der Waals surface area (Å²) in [5.41, 5.74) is 2.58. The van der Waals surface area contributed by atoms with Gasteiger partial charge in [-0.3, -0.25) is 0 Å². The SMILES string of the molecule is N#Cc1ccc(C(c2ccc(Cl)cc2)C(O)I)cc1. The van der Waals surface area contributed by atoms with Gasteiger partial charge in [-0.1, -0.05) is 58.5 Å². The van der Waals surface area contributed by atoms with Crippen molar-refractivity contribution in [1.29, 1.82) is 5.26 Å². The molecule has 96 valence electrons. The van der Waals surface area contributed by atoms with Crippen molar-refractivity contribution >= 4 is 34.2 Å². The van der Waals surface area contributed by atoms with Gasteiger partial charge in [-0.25, -0.2) is 0 Å². The fourth-order valence-electron chi connectivity index (χ4n) is 1.95. The molecule has 0 fully saturated rings. The number of nitriles is 1. The van der Waals surface area contributed by atoms with E-state index in [0.29, 0.717) is 10.6 Å². The maximum absolute atomic E-state index is 10.0. The van der Waals surface area contributed by atoms with Gasteiger partial charge in [0, 0.05) is 10.9 Å². The molecule has 2 aromatic rings. The van der Waals surface area contributed by atoms with E-state index < -0.39 is 4.11 Å². The molecular weight excluding hydrogens is 373 g/mol. The maximum atomic E-state index is 10.0. The standard InChI is InChI=1S/C15H11ClINO/c16-13-7-5-12(6-8-13)14(15(17)19)11-3-1-10(9-18)2-4-11/h1-8,14-15,19H. The molecule has 0 spiro atoms. The predicted molar refractivity (Wildman–Crippen MR) is 84.5 cm³/mol. The number of nitrogens with zero attached hydrogens (tertiary/aromatic N) is 1. The minimum Gasteiger partial charge on any atom is -0.382 e. The Balaban J connectivity index is 2.39. The second kappa shape index (κ2) is 6.38. The van der Waals surface area contributed by atoms with Gasteiger partial charge < -0.3 is 5.11 Å². The van der Waals surface area contributed by atoms with Crippen LogP contribution in [0, 0.1) is 11.3 Å². The summed E-state index contributed by atoms with van der Waals surface area (Å²) in [7, 11) is 0. The molecule has 0 radical (unpaired) electrons. The first-order valence-electron chi connectivity index (χ1n) is 5.69. The number of halogens is 2. The van der Waals surface area contributed by atoms with Gasteiger partial charge in [0.25, 0.3) is 0 Å². The van der Waals surface area contributed by atoms with Crippen LogP contribution in [0.2, 0.25) is 5.02 Å². The molecule has 2 rings (SSSR count). The molecule has 0 aliphatic rings. The van der Waals surface area contributed by atoms with Crippen LogP contribution in [0.3, 0.4) is 0 Å². The summed E-state index contributed by atoms with van der Waals surface area (Å²) in [6.07, 6.45) is 0. The fourth-order valence-corrected chi connectivity index (χ4v) is 2.90. The van der Waals surface area contributed by atoms with E-state index in [4.69, 9.17) is 16.9 Å². The van der Waals surface area contributed by atoms with Gasteiger partial charge in [0.15, 0.2) is 0 Å². The zero-order valence-corrected chi connectivity index (χ0v) is 12.8. The van der Waals surface area contributed by atoms with Gasteiger partial charge in [-0.15, -0.1) is 0 Å². The molecule has 2 atom stereocenters. The van der Waals surface area contributed by atoms with Crippen LogP contribution in [-0.2, 0) is 0 Å². The molecule has 0 saturated heterocycles. The summed E-state index contributed by atoms with van der Waals surface area (Å²) < 4.78 is -0.549. The van der Waals surface area contributed by atoms with Crippen molar-refractivity contribution in [2.75, 3.05) is 0 Å². The summed E-state index contributed by atoms with van der Waals surface area (Å²) in [6.45, 7) is 0. The molecule has 1 N–H and O–H groups in total. The number of benzene rings is 2. The van der Waals surface area contributed by atoms with E-state index in [-0.39, 0.29) is 5.92 Å². The smallest absolute Gasteiger partial charge is 0.116 e. The Kier molecular flexibility index (Phi) is 4.81. The van der Waals surface area contributed by atoms with Crippen LogP contribution < -0.4 is 0 Å². The van der Waals surface area contributed by atoms with E-state index in [1.165, 1.54) is 0 Å². The molecule has 0 heterocycles. The van der Waals surface area contributed by atoms with Crippen LogP contribution >= 0.6 is 34.2 Å². The van der Waals surface area contributed by atoms with Crippen molar-refractivity contribution in [2.24, 2.45) is 0 Å². The van der Waals surface area contributed by atoms with Crippen LogP contribution in [0.5, 0.6) is 0 Å². The molecule has 0 bridgehead atoms. The predicted octanol–water partition coefficient (Wildman–Crippen LogP) is 4.10. The summed E-state index contributed by atoms with van der Waals surface area (Å²) in [5, 5.41) is 19.5. The largest absolute Gasteiger partial charge is 0.382 e. The summed E-state index contributed by atoms with van der Waals surface area (Å²) in [5.74, 6) is -0.134. The lowest BCUT2D eigenvalue weighted by Crippen LogP contribution is -2.13. The molecule has 2 unspecified atom stereocenters. The highest BCUT2D eigenvalue weighted by atomic mass is 127. The van der Waals surface area contributed by atoms with E-state index in [2.05, 4.69) is 6.07 Å². The number of hydrogen-bond acceptors (Lipinski definition) is 2. The highest BCUT2D eigenvalue weighted by molar-refractivity contribution is 14.1. The number of alkyl halides is 1. The summed E-state index contributed by atoms with van der Waals surface area (Å²) >= 11 is 7.88. The summed E-state index contributed by atoms with van der Waals surface area (Å²) in [4.78, 5) is 0. The topological polar surface area (TPSA) is 44.0 Å². The molecule has 0 aliphatic heterocycles. The average molecular weight is 384 g/mol. The monoisotopic (exact) mass is 383 g/mol. The van der Waals surface area contributed by atoms with Crippen LogP contribution in [0.1, 0.15) is 22.6 Å². The Labute approximate surface area is 130 Å². The third-order valence-corrected chi connectivity index (χ3v) is 3.87. The molecule has 0 aromatic heterocycles. The van der Waals surface area contributed by atoms with Crippen molar-refractivity contribution in [3.05, 3.63) is 70.2 Å². The quantitative estimate of drug-likeness (QED) is 0.641. The zero-order valence-electron chi connectivity index (χ0n) is 9.92. The zero-order chi connectivity index (χ0) is 13.8. The maximum Gasteiger partial charge on any atom is 0.116 e. The Hall–Kier alpha value is -1.09. The number of aliphatic hydroxyl groups excluding tert-OH is 1. The van der Waals surface area contributed by atoms with Crippen LogP contribution in [0.25, 0.3) is 0 Å². The Morgan fingerprint density at radius 1 is 1.00 bits per heavy atom. The van der Waals surface area contributed by atoms with Gasteiger partial charge in [0.1, 0.15) is 4.11 Å². The van der Waals surface area contributed by atoms with Crippen molar-refractivity contribution in [1.82, 2.24) is 0 Å². The number of hydrogen-bond donors (Lipinski definition) is 1. The molecular formula is C15H11ClINO. The van der Waals surface area contributed by atoms with Gasteiger partial charge in [0.2, 0.25) is 0 Å². The van der Waals surface area contributed by atoms with Crippen molar-refractivity contribution in [3.8, 4) is 6.07 Å². The van der Waals surface area contributed by atoms with Gasteiger partial charge in [-0.2, -0.15) is 5.26 Å². The first-order valence-corrected chi connectivity index (χ1v) is 7.32. The minimum atomic E-state index is -0.549. The fraction of sp³-hybridized carbons (Fsp3) is 0.133. The highest BCUT2D eigenvalue weighted by Crippen LogP contribution is 2.31. The van der Waals surface area contributed by atoms with Gasteiger partial charge in [0.05, 0.1) is 11.6 Å². The lowest BCUT2D eigenvalue weighted by Gasteiger charge is -2.20. The lowest BCUT2D eigenvalue weighted by atomic mass is 9.91. The van der Waals surface area contributed by atoms with Crippen LogP contribution in [0.15, 0.2) is 48.5 Å². The normalized spacial score (nSPS) is 13.6. The van der Waals surface area contributed by atoms with E-state index in [9.17, 15) is 5.11 Å². The van der Waals surface area contributed by atoms with Crippen LogP contribution in [0.4, 0.5) is 0 Å². The first-order chi connectivity index (χ1) is 9.11. The van der Waals surface area contributed by atoms with Gasteiger partial charge >= 0.3 is 0 Å². The highest BCUT2D eigenvalue weighted by Gasteiger charge is 2.20. The minimum absolute atomic E-state index is 0.134. The van der Waals surface area contributed by atoms with E-state index in [0.717, 1.165) is 11.1 Å². The molecule has 2 aromatic carbocycles. The molecule has 0 amide bonds. The van der Waals surface area contributed by atoms with Crippen molar-refractivity contribution < 1.29 is 5.11 Å². The van der Waals surface area contributed by atoms with Crippen molar-refractivity contribution in [2.45, 2.75) is 10.0 Å². The third-order valence-electron chi connectivity index (χ3n) is 2.90. The van der Waals surface area contributed by atoms with Crippen LogP contribution in [-0.4, -0.2) is 9.22 Å². The molecule has 2 nitrogen and oxygen atoms in total. The molecule has 19 heavy (non-hydrogen) atoms.